The third-order valence-electron chi connectivity index (χ3n) is 3.07. The lowest BCUT2D eigenvalue weighted by Crippen LogP contribution is -2.40. The van der Waals surface area contributed by atoms with Crippen LogP contribution < -0.4 is 9.64 Å². The standard InChI is InChI=1S/C13H14N2O3/c1-15-10(5-6-14)8-18-12-4-3-9(7-11(12)15)13(16)17-2/h3-4,7,10H,5,8H2,1-2H3. The van der Waals surface area contributed by atoms with E-state index in [2.05, 4.69) is 10.8 Å². The van der Waals surface area contributed by atoms with Gasteiger partial charge in [0.2, 0.25) is 0 Å². The number of nitriles is 1. The second-order valence-corrected chi connectivity index (χ2v) is 4.11. The van der Waals surface area contributed by atoms with Gasteiger partial charge in [-0.15, -0.1) is 0 Å². The Morgan fingerprint density at radius 3 is 3.11 bits per heavy atom. The van der Waals surface area contributed by atoms with E-state index < -0.39 is 0 Å². The van der Waals surface area contributed by atoms with Gasteiger partial charge in [0.1, 0.15) is 12.4 Å². The third kappa shape index (κ3) is 2.09. The first-order chi connectivity index (χ1) is 8.67. The summed E-state index contributed by atoms with van der Waals surface area (Å²) in [6.07, 6.45) is 0.387. The molecule has 0 fully saturated rings. The second-order valence-electron chi connectivity index (χ2n) is 4.11. The molecule has 5 nitrogen and oxygen atoms in total. The monoisotopic (exact) mass is 246 g/mol. The number of ether oxygens (including phenoxy) is 2. The summed E-state index contributed by atoms with van der Waals surface area (Å²) in [4.78, 5) is 13.4. The SMILES string of the molecule is COC(=O)c1ccc2c(c1)N(C)C(CC#N)CO2. The first-order valence-corrected chi connectivity index (χ1v) is 5.62. The Labute approximate surface area is 106 Å². The van der Waals surface area contributed by atoms with Crippen molar-refractivity contribution >= 4 is 11.7 Å². The predicted molar refractivity (Wildman–Crippen MR) is 65.7 cm³/mol. The molecule has 5 heteroatoms. The fourth-order valence-corrected chi connectivity index (χ4v) is 1.96. The molecule has 94 valence electrons. The summed E-state index contributed by atoms with van der Waals surface area (Å²) in [5.74, 6) is 0.341. The molecule has 0 spiro atoms. The molecule has 2 rings (SSSR count). The zero-order valence-corrected chi connectivity index (χ0v) is 10.3. The van der Waals surface area contributed by atoms with E-state index in [1.807, 2.05) is 11.9 Å². The molecule has 1 unspecified atom stereocenters. The number of anilines is 1. The fourth-order valence-electron chi connectivity index (χ4n) is 1.96. The number of fused-ring (bicyclic) bond motifs is 1. The molecular formula is C13H14N2O3. The lowest BCUT2D eigenvalue weighted by molar-refractivity contribution is 0.0600. The average Bonchev–Trinajstić information content (AvgIpc) is 2.41. The highest BCUT2D eigenvalue weighted by atomic mass is 16.5. The summed E-state index contributed by atoms with van der Waals surface area (Å²) in [5.41, 5.74) is 1.29. The summed E-state index contributed by atoms with van der Waals surface area (Å²) >= 11 is 0. The molecule has 0 bridgehead atoms. The van der Waals surface area contributed by atoms with Crippen LogP contribution in [0.1, 0.15) is 16.8 Å². The number of hydrogen-bond acceptors (Lipinski definition) is 5. The van der Waals surface area contributed by atoms with Crippen LogP contribution in [0.25, 0.3) is 0 Å². The number of likely N-dealkylation sites (N-methyl/N-ethyl adjacent to an activating group) is 1. The smallest absolute Gasteiger partial charge is 0.337 e. The van der Waals surface area contributed by atoms with E-state index in [1.165, 1.54) is 7.11 Å². The molecule has 0 N–H and O–H groups in total. The Morgan fingerprint density at radius 2 is 2.44 bits per heavy atom. The maximum Gasteiger partial charge on any atom is 0.337 e. The molecule has 0 aliphatic carbocycles. The van der Waals surface area contributed by atoms with Crippen molar-refractivity contribution < 1.29 is 14.3 Å². The molecule has 1 atom stereocenters. The van der Waals surface area contributed by atoms with E-state index in [0.717, 1.165) is 11.4 Å². The summed E-state index contributed by atoms with van der Waals surface area (Å²) in [6.45, 7) is 0.481. The zero-order valence-electron chi connectivity index (χ0n) is 10.3. The summed E-state index contributed by atoms with van der Waals surface area (Å²) in [7, 11) is 3.24. The van der Waals surface area contributed by atoms with Gasteiger partial charge in [-0.3, -0.25) is 0 Å². The highest BCUT2D eigenvalue weighted by Crippen LogP contribution is 2.34. The van der Waals surface area contributed by atoms with Crippen LogP contribution in [0.15, 0.2) is 18.2 Å². The van der Waals surface area contributed by atoms with Gasteiger partial charge in [-0.2, -0.15) is 5.26 Å². The predicted octanol–water partition coefficient (Wildman–Crippen LogP) is 1.58. The van der Waals surface area contributed by atoms with Gasteiger partial charge >= 0.3 is 5.97 Å². The van der Waals surface area contributed by atoms with Crippen LogP contribution in [0.5, 0.6) is 5.75 Å². The molecule has 0 saturated carbocycles. The van der Waals surface area contributed by atoms with E-state index >= 15 is 0 Å². The molecule has 1 aromatic rings. The molecule has 1 aliphatic rings. The molecule has 0 aromatic heterocycles. The molecular weight excluding hydrogens is 232 g/mol. The summed E-state index contributed by atoms with van der Waals surface area (Å²) in [6, 6.07) is 7.29. The van der Waals surface area contributed by atoms with Crippen molar-refractivity contribution in [1.82, 2.24) is 0 Å². The maximum absolute atomic E-state index is 11.5. The largest absolute Gasteiger partial charge is 0.489 e. The first kappa shape index (κ1) is 12.2. The Hall–Kier alpha value is -2.22. The summed E-state index contributed by atoms with van der Waals surface area (Å²) in [5, 5.41) is 8.76. The lowest BCUT2D eigenvalue weighted by Gasteiger charge is -2.34. The van der Waals surface area contributed by atoms with Crippen LogP contribution in [0.2, 0.25) is 0 Å². The van der Waals surface area contributed by atoms with Crippen LogP contribution in [0.3, 0.4) is 0 Å². The van der Waals surface area contributed by atoms with Crippen LogP contribution >= 0.6 is 0 Å². The number of benzene rings is 1. The third-order valence-corrected chi connectivity index (χ3v) is 3.07. The lowest BCUT2D eigenvalue weighted by atomic mass is 10.1. The highest BCUT2D eigenvalue weighted by Gasteiger charge is 2.25. The minimum absolute atomic E-state index is 0.00963. The van der Waals surface area contributed by atoms with E-state index in [9.17, 15) is 4.79 Å². The van der Waals surface area contributed by atoms with Crippen molar-refractivity contribution in [3.8, 4) is 11.8 Å². The molecule has 0 radical (unpaired) electrons. The number of methoxy groups -OCH3 is 1. The van der Waals surface area contributed by atoms with Crippen molar-refractivity contribution in [1.29, 1.82) is 5.26 Å². The molecule has 1 heterocycles. The van der Waals surface area contributed by atoms with Gasteiger partial charge in [-0.05, 0) is 18.2 Å². The van der Waals surface area contributed by atoms with E-state index in [-0.39, 0.29) is 12.0 Å². The molecule has 1 aromatic carbocycles. The molecule has 18 heavy (non-hydrogen) atoms. The van der Waals surface area contributed by atoms with Gasteiger partial charge < -0.3 is 14.4 Å². The molecule has 0 amide bonds. The van der Waals surface area contributed by atoms with Gasteiger partial charge in [-0.25, -0.2) is 4.79 Å². The average molecular weight is 246 g/mol. The Morgan fingerprint density at radius 1 is 1.67 bits per heavy atom. The highest BCUT2D eigenvalue weighted by molar-refractivity contribution is 5.91. The Balaban J connectivity index is 2.34. The van der Waals surface area contributed by atoms with E-state index in [0.29, 0.717) is 18.6 Å². The molecule has 0 saturated heterocycles. The minimum Gasteiger partial charge on any atom is -0.489 e. The van der Waals surface area contributed by atoms with Gasteiger partial charge in [-0.1, -0.05) is 0 Å². The van der Waals surface area contributed by atoms with Gasteiger partial charge in [0.15, 0.2) is 0 Å². The Bertz CT molecular complexity index is 507. The van der Waals surface area contributed by atoms with Crippen molar-refractivity contribution in [3.63, 3.8) is 0 Å². The number of esters is 1. The van der Waals surface area contributed by atoms with Crippen LogP contribution in [0, 0.1) is 11.3 Å². The fraction of sp³-hybridized carbons (Fsp3) is 0.385. The molecule has 1 aliphatic heterocycles. The number of hydrogen-bond donors (Lipinski definition) is 0. The van der Waals surface area contributed by atoms with Crippen molar-refractivity contribution in [2.75, 3.05) is 25.7 Å². The van der Waals surface area contributed by atoms with E-state index in [1.54, 1.807) is 18.2 Å². The van der Waals surface area contributed by atoms with Gasteiger partial charge in [0.25, 0.3) is 0 Å². The number of nitrogens with zero attached hydrogens (tertiary/aromatic N) is 2. The van der Waals surface area contributed by atoms with Crippen LogP contribution in [-0.2, 0) is 4.74 Å². The maximum atomic E-state index is 11.5. The van der Waals surface area contributed by atoms with Crippen LogP contribution in [0.4, 0.5) is 5.69 Å². The quantitative estimate of drug-likeness (QED) is 0.741. The van der Waals surface area contributed by atoms with Crippen molar-refractivity contribution in [2.45, 2.75) is 12.5 Å². The minimum atomic E-state index is -0.381. The number of rotatable bonds is 2. The number of carbonyl (C=O) groups excluding carboxylic acids is 1. The second kappa shape index (κ2) is 4.96. The number of carbonyl (C=O) groups is 1. The van der Waals surface area contributed by atoms with Crippen molar-refractivity contribution in [2.24, 2.45) is 0 Å². The Kier molecular flexibility index (Phi) is 3.38. The van der Waals surface area contributed by atoms with Crippen molar-refractivity contribution in [3.05, 3.63) is 23.8 Å². The van der Waals surface area contributed by atoms with Gasteiger partial charge in [0.05, 0.1) is 36.9 Å². The van der Waals surface area contributed by atoms with E-state index in [4.69, 9.17) is 10.00 Å². The van der Waals surface area contributed by atoms with Gasteiger partial charge in [0, 0.05) is 7.05 Å². The first-order valence-electron chi connectivity index (χ1n) is 5.62. The normalized spacial score (nSPS) is 17.4. The summed E-state index contributed by atoms with van der Waals surface area (Å²) < 4.78 is 10.3. The zero-order chi connectivity index (χ0) is 13.1. The van der Waals surface area contributed by atoms with Crippen LogP contribution in [-0.4, -0.2) is 32.8 Å². The topological polar surface area (TPSA) is 62.6 Å².